The molecular formula is C32H37NO13. The quantitative estimate of drug-likeness (QED) is 0.173. The van der Waals surface area contributed by atoms with Crippen LogP contribution in [0.4, 0.5) is 0 Å². The molecule has 2 aliphatic heterocycles. The third kappa shape index (κ3) is 5.33. The van der Waals surface area contributed by atoms with E-state index in [-0.39, 0.29) is 35.1 Å². The third-order valence-electron chi connectivity index (χ3n) is 9.45. The average Bonchev–Trinajstić information content (AvgIpc) is 3.01. The van der Waals surface area contributed by atoms with Crippen LogP contribution in [0.25, 0.3) is 0 Å². The lowest BCUT2D eigenvalue weighted by atomic mass is 9.72. The average molecular weight is 644 g/mol. The summed E-state index contributed by atoms with van der Waals surface area (Å²) in [6.45, 7) is 2.23. The van der Waals surface area contributed by atoms with Gasteiger partial charge < -0.3 is 55.3 Å². The Hall–Kier alpha value is -3.31. The first-order chi connectivity index (χ1) is 21.7. The van der Waals surface area contributed by atoms with Crippen molar-refractivity contribution in [1.29, 1.82) is 0 Å². The number of ketones is 3. The zero-order valence-electron chi connectivity index (χ0n) is 25.2. The van der Waals surface area contributed by atoms with Crippen molar-refractivity contribution in [3.63, 3.8) is 0 Å². The molecule has 2 aliphatic carbocycles. The van der Waals surface area contributed by atoms with E-state index in [0.717, 1.165) is 0 Å². The highest BCUT2D eigenvalue weighted by Crippen LogP contribution is 2.52. The molecule has 10 atom stereocenters. The molecule has 46 heavy (non-hydrogen) atoms. The minimum Gasteiger partial charge on any atom is -0.507 e. The van der Waals surface area contributed by atoms with E-state index in [1.807, 2.05) is 0 Å². The van der Waals surface area contributed by atoms with Gasteiger partial charge in [-0.2, -0.15) is 0 Å². The summed E-state index contributed by atoms with van der Waals surface area (Å²) in [6, 6.07) is 5.34. The number of fused-ring (bicyclic) bond motifs is 3. The fraction of sp³-hybridized carbons (Fsp3) is 0.531. The SMILES string of the molecule is C[C@@H]1O[C@@H](O[C@@H]2[C@H](O)C[C@@H](O[C@H]3C[C@](O)(C(=O)CO)Cc4c(O)c5c(c(O)c43)C(=O)c3ccccc3C5=O)O[C@@H]2C)C[C@H](N)[C@@H]1O. The van der Waals surface area contributed by atoms with Crippen molar-refractivity contribution in [2.45, 2.75) is 100 Å². The molecule has 8 N–H and O–H groups in total. The summed E-state index contributed by atoms with van der Waals surface area (Å²) in [5, 5.41) is 65.1. The number of ether oxygens (including phenoxy) is 4. The second-order valence-corrected chi connectivity index (χ2v) is 12.5. The molecule has 14 heteroatoms. The Kier molecular flexibility index (Phi) is 8.54. The number of Topliss-reactive ketones (excluding diaryl/α,β-unsaturated/α-hetero) is 1. The topological polar surface area (TPSA) is 236 Å². The number of nitrogens with two attached hydrogens (primary N) is 1. The van der Waals surface area contributed by atoms with E-state index >= 15 is 0 Å². The highest BCUT2D eigenvalue weighted by molar-refractivity contribution is 6.30. The molecule has 0 spiro atoms. The number of aromatic hydroxyl groups is 2. The number of hydrogen-bond acceptors (Lipinski definition) is 14. The molecule has 6 rings (SSSR count). The molecule has 2 fully saturated rings. The van der Waals surface area contributed by atoms with Gasteiger partial charge in [-0.05, 0) is 13.8 Å². The maximum atomic E-state index is 13.5. The summed E-state index contributed by atoms with van der Waals surface area (Å²) in [5.41, 5.74) is 2.51. The Labute approximate surface area is 263 Å². The van der Waals surface area contributed by atoms with E-state index in [1.165, 1.54) is 12.1 Å². The van der Waals surface area contributed by atoms with Gasteiger partial charge in [0.2, 0.25) is 0 Å². The van der Waals surface area contributed by atoms with Crippen LogP contribution in [0.5, 0.6) is 11.5 Å². The van der Waals surface area contributed by atoms with Crippen molar-refractivity contribution in [1.82, 2.24) is 0 Å². The Morgan fingerprint density at radius 3 is 2.13 bits per heavy atom. The minimum atomic E-state index is -2.28. The minimum absolute atomic E-state index is 0.0153. The first kappa shape index (κ1) is 32.6. The van der Waals surface area contributed by atoms with Gasteiger partial charge in [0.25, 0.3) is 0 Å². The van der Waals surface area contributed by atoms with Gasteiger partial charge in [0.15, 0.2) is 29.9 Å². The highest BCUT2D eigenvalue weighted by atomic mass is 16.7. The normalized spacial score (nSPS) is 35.7. The van der Waals surface area contributed by atoms with Crippen LogP contribution < -0.4 is 5.73 Å². The van der Waals surface area contributed by atoms with Crippen molar-refractivity contribution in [2.24, 2.45) is 5.73 Å². The summed E-state index contributed by atoms with van der Waals surface area (Å²) in [7, 11) is 0. The van der Waals surface area contributed by atoms with Gasteiger partial charge in [-0.25, -0.2) is 0 Å². The Balaban J connectivity index is 1.31. The van der Waals surface area contributed by atoms with E-state index in [9.17, 15) is 45.0 Å². The first-order valence-electron chi connectivity index (χ1n) is 15.1. The number of hydrogen-bond donors (Lipinski definition) is 7. The van der Waals surface area contributed by atoms with Crippen LogP contribution in [-0.4, -0.2) is 109 Å². The van der Waals surface area contributed by atoms with E-state index in [1.54, 1.807) is 26.0 Å². The molecule has 0 aromatic heterocycles. The molecule has 248 valence electrons. The largest absolute Gasteiger partial charge is 0.507 e. The molecule has 2 heterocycles. The Morgan fingerprint density at radius 2 is 1.54 bits per heavy atom. The standard InChI is InChI=1S/C32H37NO13/c1-12-26(37)17(33)7-21(43-12)46-31-13(2)44-22(8-18(31)35)45-19-10-32(42,20(36)11-34)9-16-23(19)30(41)25-24(29(16)40)27(38)14-5-3-4-6-15(14)28(25)39/h3-6,12-13,17-19,21-22,26,31,34-35,37,40-42H,7-11,33H2,1-2H3/t12-,13+,17-,18+,19-,21-,22+,26+,31-,32-/m0/s1. The summed E-state index contributed by atoms with van der Waals surface area (Å²) >= 11 is 0. The van der Waals surface area contributed by atoms with Crippen molar-refractivity contribution < 1.29 is 64.0 Å². The second kappa shape index (κ2) is 12.0. The predicted molar refractivity (Wildman–Crippen MR) is 155 cm³/mol. The van der Waals surface area contributed by atoms with Crippen molar-refractivity contribution in [2.75, 3.05) is 6.61 Å². The van der Waals surface area contributed by atoms with E-state index in [4.69, 9.17) is 24.7 Å². The molecule has 0 amide bonds. The number of benzene rings is 2. The molecular weight excluding hydrogens is 606 g/mol. The predicted octanol–water partition coefficient (Wildman–Crippen LogP) is -0.126. The van der Waals surface area contributed by atoms with Gasteiger partial charge in [-0.3, -0.25) is 14.4 Å². The van der Waals surface area contributed by atoms with E-state index in [0.29, 0.717) is 0 Å². The van der Waals surface area contributed by atoms with Crippen LogP contribution in [0.15, 0.2) is 24.3 Å². The summed E-state index contributed by atoms with van der Waals surface area (Å²) in [6.07, 6.45) is -8.83. The molecule has 0 bridgehead atoms. The number of rotatable bonds is 6. The van der Waals surface area contributed by atoms with Gasteiger partial charge in [0.05, 0.1) is 41.6 Å². The van der Waals surface area contributed by atoms with Gasteiger partial charge in [0, 0.05) is 54.0 Å². The molecule has 2 aromatic carbocycles. The molecule has 0 unspecified atom stereocenters. The van der Waals surface area contributed by atoms with Crippen LogP contribution >= 0.6 is 0 Å². The van der Waals surface area contributed by atoms with Gasteiger partial charge in [0.1, 0.15) is 29.8 Å². The zero-order chi connectivity index (χ0) is 33.2. The maximum absolute atomic E-state index is 13.5. The van der Waals surface area contributed by atoms with Gasteiger partial charge >= 0.3 is 0 Å². The number of phenolic OH excluding ortho intramolecular Hbond substituents is 2. The molecule has 4 aliphatic rings. The molecule has 2 aromatic rings. The Bertz CT molecular complexity index is 1550. The fourth-order valence-electron chi connectivity index (χ4n) is 7.00. The van der Waals surface area contributed by atoms with E-state index < -0.39 is 120 Å². The fourth-order valence-corrected chi connectivity index (χ4v) is 7.00. The third-order valence-corrected chi connectivity index (χ3v) is 9.45. The van der Waals surface area contributed by atoms with Gasteiger partial charge in [-0.15, -0.1) is 0 Å². The highest BCUT2D eigenvalue weighted by Gasteiger charge is 2.50. The number of carbonyl (C=O) groups is 3. The monoisotopic (exact) mass is 643 g/mol. The number of carbonyl (C=O) groups excluding carboxylic acids is 3. The van der Waals surface area contributed by atoms with Crippen LogP contribution in [0, 0.1) is 0 Å². The molecule has 14 nitrogen and oxygen atoms in total. The summed E-state index contributed by atoms with van der Waals surface area (Å²) in [5.74, 6) is -3.80. The van der Waals surface area contributed by atoms with Crippen molar-refractivity contribution >= 4 is 17.3 Å². The lowest BCUT2D eigenvalue weighted by Gasteiger charge is -2.44. The van der Waals surface area contributed by atoms with Crippen molar-refractivity contribution in [3.05, 3.63) is 57.6 Å². The lowest BCUT2D eigenvalue weighted by Crippen LogP contribution is -2.56. The number of aliphatic hydroxyl groups excluding tert-OH is 3. The second-order valence-electron chi connectivity index (χ2n) is 12.5. The first-order valence-corrected chi connectivity index (χ1v) is 15.1. The molecule has 0 radical (unpaired) electrons. The molecule has 2 saturated heterocycles. The van der Waals surface area contributed by atoms with Crippen molar-refractivity contribution in [3.8, 4) is 11.5 Å². The van der Waals surface area contributed by atoms with Crippen LogP contribution in [0.2, 0.25) is 0 Å². The van der Waals surface area contributed by atoms with Crippen LogP contribution in [0.3, 0.4) is 0 Å². The maximum Gasteiger partial charge on any atom is 0.198 e. The van der Waals surface area contributed by atoms with Crippen LogP contribution in [-0.2, 0) is 30.2 Å². The van der Waals surface area contributed by atoms with Crippen LogP contribution in [0.1, 0.15) is 82.2 Å². The molecule has 0 saturated carbocycles. The summed E-state index contributed by atoms with van der Waals surface area (Å²) in [4.78, 5) is 39.7. The zero-order valence-corrected chi connectivity index (χ0v) is 25.2. The van der Waals surface area contributed by atoms with Gasteiger partial charge in [-0.1, -0.05) is 24.3 Å². The Morgan fingerprint density at radius 1 is 0.957 bits per heavy atom. The number of aliphatic hydroxyl groups is 4. The smallest absolute Gasteiger partial charge is 0.198 e. The van der Waals surface area contributed by atoms with E-state index in [2.05, 4.69) is 0 Å². The lowest BCUT2D eigenvalue weighted by molar-refractivity contribution is -0.311. The number of phenols is 2. The summed E-state index contributed by atoms with van der Waals surface area (Å²) < 4.78 is 23.8.